The van der Waals surface area contributed by atoms with Gasteiger partial charge in [0.15, 0.2) is 0 Å². The van der Waals surface area contributed by atoms with E-state index in [1.54, 1.807) is 0 Å². The number of rotatable bonds is 7. The van der Waals surface area contributed by atoms with Crippen LogP contribution in [0.1, 0.15) is 44.2 Å². The first-order valence-electron chi connectivity index (χ1n) is 8.65. The van der Waals surface area contributed by atoms with Crippen molar-refractivity contribution in [3.05, 3.63) is 35.4 Å². The standard InChI is InChI=1S/C18H25F2N3O2.ClH/c1-12(24)23-17(15-5-4-14(19)9-16(15)20)10-18(25)22-8-6-13-3-2-7-21-11-13;/h4-5,9,13,17,21H,2-3,6-8,10-11H2,1H3,(H,22,25)(H,23,24);1H. The zero-order valence-corrected chi connectivity index (χ0v) is 15.6. The highest BCUT2D eigenvalue weighted by Crippen LogP contribution is 2.21. The number of piperidine rings is 1. The van der Waals surface area contributed by atoms with Gasteiger partial charge in [-0.3, -0.25) is 9.59 Å². The summed E-state index contributed by atoms with van der Waals surface area (Å²) in [5.41, 5.74) is 0.100. The summed E-state index contributed by atoms with van der Waals surface area (Å²) in [6, 6.07) is 2.29. The molecule has 1 saturated heterocycles. The van der Waals surface area contributed by atoms with Crippen LogP contribution < -0.4 is 16.0 Å². The molecule has 0 radical (unpaired) electrons. The topological polar surface area (TPSA) is 70.2 Å². The molecule has 1 aliphatic rings. The van der Waals surface area contributed by atoms with Gasteiger partial charge in [-0.05, 0) is 44.3 Å². The second kappa shape index (κ2) is 11.1. The minimum atomic E-state index is -0.825. The Bertz CT molecular complexity index is 610. The first kappa shape index (κ1) is 22.3. The summed E-state index contributed by atoms with van der Waals surface area (Å²) < 4.78 is 27.0. The highest BCUT2D eigenvalue weighted by molar-refractivity contribution is 5.85. The molecule has 26 heavy (non-hydrogen) atoms. The Kier molecular flexibility index (Phi) is 9.51. The molecule has 5 nitrogen and oxygen atoms in total. The van der Waals surface area contributed by atoms with Crippen LogP contribution in [0.15, 0.2) is 18.2 Å². The van der Waals surface area contributed by atoms with Crippen LogP contribution >= 0.6 is 12.4 Å². The van der Waals surface area contributed by atoms with Gasteiger partial charge in [0.2, 0.25) is 11.8 Å². The lowest BCUT2D eigenvalue weighted by Crippen LogP contribution is -2.35. The first-order chi connectivity index (χ1) is 12.0. The summed E-state index contributed by atoms with van der Waals surface area (Å²) in [6.45, 7) is 3.85. The maximum absolute atomic E-state index is 14.0. The third-order valence-electron chi connectivity index (χ3n) is 4.38. The van der Waals surface area contributed by atoms with Gasteiger partial charge in [-0.15, -0.1) is 12.4 Å². The summed E-state index contributed by atoms with van der Waals surface area (Å²) >= 11 is 0. The van der Waals surface area contributed by atoms with Crippen LogP contribution in [-0.2, 0) is 9.59 Å². The molecule has 0 saturated carbocycles. The average Bonchev–Trinajstić information content (AvgIpc) is 2.55. The van der Waals surface area contributed by atoms with E-state index in [1.165, 1.54) is 13.0 Å². The van der Waals surface area contributed by atoms with Crippen molar-refractivity contribution in [2.24, 2.45) is 5.92 Å². The van der Waals surface area contributed by atoms with Crippen molar-refractivity contribution in [3.8, 4) is 0 Å². The van der Waals surface area contributed by atoms with E-state index >= 15 is 0 Å². The molecule has 1 aliphatic heterocycles. The van der Waals surface area contributed by atoms with E-state index in [0.29, 0.717) is 12.5 Å². The molecule has 1 aromatic carbocycles. The summed E-state index contributed by atoms with van der Waals surface area (Å²) in [7, 11) is 0. The maximum Gasteiger partial charge on any atom is 0.222 e. The van der Waals surface area contributed by atoms with Crippen molar-refractivity contribution in [2.45, 2.75) is 38.6 Å². The Labute approximate surface area is 158 Å². The molecule has 8 heteroatoms. The third kappa shape index (κ3) is 7.25. The van der Waals surface area contributed by atoms with E-state index in [0.717, 1.165) is 44.5 Å². The predicted molar refractivity (Wildman–Crippen MR) is 98.0 cm³/mol. The predicted octanol–water partition coefficient (Wildman–Crippen LogP) is 2.46. The fraction of sp³-hybridized carbons (Fsp3) is 0.556. The largest absolute Gasteiger partial charge is 0.356 e. The zero-order chi connectivity index (χ0) is 18.2. The molecule has 1 heterocycles. The molecular weight excluding hydrogens is 364 g/mol. The fourth-order valence-electron chi connectivity index (χ4n) is 3.11. The molecule has 0 aromatic heterocycles. The van der Waals surface area contributed by atoms with Gasteiger partial charge in [0.1, 0.15) is 11.6 Å². The maximum atomic E-state index is 14.0. The summed E-state index contributed by atoms with van der Waals surface area (Å²) in [5, 5.41) is 8.70. The van der Waals surface area contributed by atoms with Crippen LogP contribution in [0.4, 0.5) is 8.78 Å². The molecule has 2 rings (SSSR count). The number of amides is 2. The lowest BCUT2D eigenvalue weighted by atomic mass is 9.96. The zero-order valence-electron chi connectivity index (χ0n) is 14.8. The van der Waals surface area contributed by atoms with Gasteiger partial charge >= 0.3 is 0 Å². The molecule has 1 fully saturated rings. The molecule has 2 atom stereocenters. The molecule has 0 aliphatic carbocycles. The Morgan fingerprint density at radius 3 is 2.73 bits per heavy atom. The van der Waals surface area contributed by atoms with E-state index in [4.69, 9.17) is 0 Å². The summed E-state index contributed by atoms with van der Waals surface area (Å²) in [4.78, 5) is 23.5. The second-order valence-corrected chi connectivity index (χ2v) is 6.47. The van der Waals surface area contributed by atoms with Gasteiger partial charge in [-0.2, -0.15) is 0 Å². The van der Waals surface area contributed by atoms with Crippen molar-refractivity contribution in [1.29, 1.82) is 0 Å². The minimum absolute atomic E-state index is 0. The Morgan fingerprint density at radius 1 is 1.35 bits per heavy atom. The SMILES string of the molecule is CC(=O)NC(CC(=O)NCCC1CCCNC1)c1ccc(F)cc1F.Cl. The third-order valence-corrected chi connectivity index (χ3v) is 4.38. The van der Waals surface area contributed by atoms with Gasteiger partial charge in [0.05, 0.1) is 12.5 Å². The Morgan fingerprint density at radius 2 is 2.12 bits per heavy atom. The monoisotopic (exact) mass is 389 g/mol. The minimum Gasteiger partial charge on any atom is -0.356 e. The molecule has 2 unspecified atom stereocenters. The summed E-state index contributed by atoms with van der Waals surface area (Å²) in [6.07, 6.45) is 3.09. The molecule has 0 bridgehead atoms. The van der Waals surface area contributed by atoms with E-state index in [-0.39, 0.29) is 36.2 Å². The van der Waals surface area contributed by atoms with Crippen molar-refractivity contribution in [3.63, 3.8) is 0 Å². The number of carbonyl (C=O) groups excluding carboxylic acids is 2. The van der Waals surface area contributed by atoms with E-state index in [1.807, 2.05) is 0 Å². The van der Waals surface area contributed by atoms with Crippen molar-refractivity contribution in [1.82, 2.24) is 16.0 Å². The van der Waals surface area contributed by atoms with Crippen LogP contribution in [0, 0.1) is 17.6 Å². The van der Waals surface area contributed by atoms with E-state index in [2.05, 4.69) is 16.0 Å². The van der Waals surface area contributed by atoms with Crippen molar-refractivity contribution in [2.75, 3.05) is 19.6 Å². The van der Waals surface area contributed by atoms with E-state index < -0.39 is 17.7 Å². The van der Waals surface area contributed by atoms with Crippen LogP contribution in [0.5, 0.6) is 0 Å². The van der Waals surface area contributed by atoms with Gasteiger partial charge in [-0.25, -0.2) is 8.78 Å². The first-order valence-corrected chi connectivity index (χ1v) is 8.65. The van der Waals surface area contributed by atoms with Crippen LogP contribution in [0.3, 0.4) is 0 Å². The molecule has 2 amide bonds. The van der Waals surface area contributed by atoms with Gasteiger partial charge in [0.25, 0.3) is 0 Å². The number of benzene rings is 1. The van der Waals surface area contributed by atoms with Crippen LogP contribution in [-0.4, -0.2) is 31.4 Å². The Balaban J connectivity index is 0.00000338. The number of hydrogen-bond acceptors (Lipinski definition) is 3. The lowest BCUT2D eigenvalue weighted by Gasteiger charge is -2.23. The van der Waals surface area contributed by atoms with E-state index in [9.17, 15) is 18.4 Å². The molecule has 0 spiro atoms. The number of carbonyl (C=O) groups is 2. The Hall–Kier alpha value is -1.73. The number of halogens is 3. The van der Waals surface area contributed by atoms with Gasteiger partial charge in [0, 0.05) is 25.1 Å². The van der Waals surface area contributed by atoms with Gasteiger partial charge < -0.3 is 16.0 Å². The number of hydrogen-bond donors (Lipinski definition) is 3. The van der Waals surface area contributed by atoms with Crippen molar-refractivity contribution >= 4 is 24.2 Å². The van der Waals surface area contributed by atoms with Crippen molar-refractivity contribution < 1.29 is 18.4 Å². The molecule has 1 aromatic rings. The van der Waals surface area contributed by atoms with Gasteiger partial charge in [-0.1, -0.05) is 6.07 Å². The molecular formula is C18H26ClF2N3O2. The smallest absolute Gasteiger partial charge is 0.222 e. The quantitative estimate of drug-likeness (QED) is 0.671. The van der Waals surface area contributed by atoms with Crippen LogP contribution in [0.2, 0.25) is 0 Å². The molecule has 3 N–H and O–H groups in total. The fourth-order valence-corrected chi connectivity index (χ4v) is 3.11. The highest BCUT2D eigenvalue weighted by Gasteiger charge is 2.21. The second-order valence-electron chi connectivity index (χ2n) is 6.47. The average molecular weight is 390 g/mol. The normalized spacial score (nSPS) is 17.7. The number of nitrogens with one attached hydrogen (secondary N) is 3. The van der Waals surface area contributed by atoms with Crippen LogP contribution in [0.25, 0.3) is 0 Å². The lowest BCUT2D eigenvalue weighted by molar-refractivity contribution is -0.122. The summed E-state index contributed by atoms with van der Waals surface area (Å²) in [5.74, 6) is -1.58. The highest BCUT2D eigenvalue weighted by atomic mass is 35.5. The molecule has 146 valence electrons.